The third-order valence-corrected chi connectivity index (χ3v) is 2.27. The Morgan fingerprint density at radius 2 is 2.25 bits per heavy atom. The number of phenolic OH excluding ortho intramolecular Hbond substituents is 1. The van der Waals surface area contributed by atoms with Crippen LogP contribution in [0.4, 0.5) is 4.39 Å². The van der Waals surface area contributed by atoms with Crippen molar-refractivity contribution < 1.29 is 19.4 Å². The van der Waals surface area contributed by atoms with Gasteiger partial charge in [0.05, 0.1) is 12.6 Å². The van der Waals surface area contributed by atoms with E-state index < -0.39 is 29.1 Å². The van der Waals surface area contributed by atoms with Crippen LogP contribution in [0.5, 0.6) is 5.75 Å². The Bertz CT molecular complexity index is 357. The van der Waals surface area contributed by atoms with Crippen molar-refractivity contribution >= 4 is 5.91 Å². The van der Waals surface area contributed by atoms with Crippen LogP contribution in [-0.4, -0.2) is 28.8 Å². The molecule has 1 aromatic rings. The zero-order chi connectivity index (χ0) is 12.1. The summed E-state index contributed by atoms with van der Waals surface area (Å²) in [5.41, 5.74) is -0.394. The first-order chi connectivity index (χ1) is 7.60. The number of hydrogen-bond donors (Lipinski definition) is 3. The quantitative estimate of drug-likeness (QED) is 0.719. The van der Waals surface area contributed by atoms with Gasteiger partial charge in [0, 0.05) is 0 Å². The molecule has 0 radical (unpaired) electrons. The summed E-state index contributed by atoms with van der Waals surface area (Å²) in [6.45, 7) is 1.56. The first-order valence-electron chi connectivity index (χ1n) is 4.99. The predicted molar refractivity (Wildman–Crippen MR) is 56.7 cm³/mol. The largest absolute Gasteiger partial charge is 0.507 e. The van der Waals surface area contributed by atoms with Crippen LogP contribution in [-0.2, 0) is 0 Å². The predicted octanol–water partition coefficient (Wildman–Crippen LogP) is 1.03. The lowest BCUT2D eigenvalue weighted by atomic mass is 10.1. The number of rotatable bonds is 4. The average Bonchev–Trinajstić information content (AvgIpc) is 2.25. The molecule has 0 fully saturated rings. The summed E-state index contributed by atoms with van der Waals surface area (Å²) in [6, 6.07) is 3.20. The lowest BCUT2D eigenvalue weighted by Crippen LogP contribution is -2.37. The average molecular weight is 227 g/mol. The maximum absolute atomic E-state index is 13.3. The van der Waals surface area contributed by atoms with E-state index in [0.717, 1.165) is 6.07 Å². The number of amides is 1. The molecule has 3 N–H and O–H groups in total. The zero-order valence-electron chi connectivity index (χ0n) is 8.90. The Labute approximate surface area is 92.7 Å². The van der Waals surface area contributed by atoms with Crippen LogP contribution in [0.2, 0.25) is 0 Å². The van der Waals surface area contributed by atoms with Crippen molar-refractivity contribution in [2.75, 3.05) is 6.61 Å². The van der Waals surface area contributed by atoms with Crippen LogP contribution in [0, 0.1) is 5.82 Å². The molecule has 0 aliphatic carbocycles. The van der Waals surface area contributed by atoms with Gasteiger partial charge in [-0.1, -0.05) is 13.0 Å². The molecule has 1 unspecified atom stereocenters. The Morgan fingerprint density at radius 1 is 1.56 bits per heavy atom. The highest BCUT2D eigenvalue weighted by Crippen LogP contribution is 2.19. The van der Waals surface area contributed by atoms with Gasteiger partial charge in [0.1, 0.15) is 17.1 Å². The lowest BCUT2D eigenvalue weighted by molar-refractivity contribution is 0.0908. The third-order valence-electron chi connectivity index (χ3n) is 2.27. The van der Waals surface area contributed by atoms with Crippen molar-refractivity contribution in [2.45, 2.75) is 19.4 Å². The van der Waals surface area contributed by atoms with Crippen LogP contribution in [0.1, 0.15) is 23.7 Å². The Kier molecular flexibility index (Phi) is 4.25. The van der Waals surface area contributed by atoms with E-state index in [0.29, 0.717) is 6.42 Å². The van der Waals surface area contributed by atoms with Crippen LogP contribution in [0.3, 0.4) is 0 Å². The molecule has 88 valence electrons. The van der Waals surface area contributed by atoms with Crippen LogP contribution >= 0.6 is 0 Å². The van der Waals surface area contributed by atoms with E-state index in [1.165, 1.54) is 12.1 Å². The van der Waals surface area contributed by atoms with Gasteiger partial charge in [-0.05, 0) is 18.6 Å². The minimum absolute atomic E-state index is 0.225. The minimum atomic E-state index is -0.787. The number of hydrogen-bond acceptors (Lipinski definition) is 3. The lowest BCUT2D eigenvalue weighted by Gasteiger charge is -2.14. The molecule has 1 rings (SSSR count). The second-order valence-corrected chi connectivity index (χ2v) is 3.40. The van der Waals surface area contributed by atoms with Crippen molar-refractivity contribution in [3.8, 4) is 5.75 Å². The van der Waals surface area contributed by atoms with E-state index in [4.69, 9.17) is 5.11 Å². The van der Waals surface area contributed by atoms with Crippen LogP contribution in [0.25, 0.3) is 0 Å². The summed E-state index contributed by atoms with van der Waals surface area (Å²) in [6.07, 6.45) is 0.525. The number of halogens is 1. The molecular weight excluding hydrogens is 213 g/mol. The van der Waals surface area contributed by atoms with Gasteiger partial charge in [-0.15, -0.1) is 0 Å². The summed E-state index contributed by atoms with van der Waals surface area (Å²) in [5.74, 6) is -1.92. The van der Waals surface area contributed by atoms with Gasteiger partial charge in [0.15, 0.2) is 0 Å². The van der Waals surface area contributed by atoms with Crippen LogP contribution < -0.4 is 5.32 Å². The molecule has 0 saturated heterocycles. The molecule has 1 atom stereocenters. The number of aromatic hydroxyl groups is 1. The number of phenols is 1. The Balaban J connectivity index is 2.88. The molecule has 0 spiro atoms. The maximum Gasteiger partial charge on any atom is 0.258 e. The number of aliphatic hydroxyl groups is 1. The number of aliphatic hydroxyl groups excluding tert-OH is 1. The standard InChI is InChI=1S/C11H14FNO3/c1-2-7(6-14)13-11(16)10-8(12)4-3-5-9(10)15/h3-5,7,14-15H,2,6H2,1H3,(H,13,16). The SMILES string of the molecule is CCC(CO)NC(=O)c1c(O)cccc1F. The van der Waals surface area contributed by atoms with E-state index in [-0.39, 0.29) is 6.61 Å². The molecule has 0 aliphatic heterocycles. The summed E-state index contributed by atoms with van der Waals surface area (Å²) in [4.78, 5) is 11.6. The van der Waals surface area contributed by atoms with E-state index in [2.05, 4.69) is 5.32 Å². The van der Waals surface area contributed by atoms with Crippen molar-refractivity contribution in [3.05, 3.63) is 29.6 Å². The molecule has 5 heteroatoms. The van der Waals surface area contributed by atoms with Crippen molar-refractivity contribution in [1.29, 1.82) is 0 Å². The monoisotopic (exact) mass is 227 g/mol. The second-order valence-electron chi connectivity index (χ2n) is 3.40. The van der Waals surface area contributed by atoms with E-state index in [1.807, 2.05) is 0 Å². The Morgan fingerprint density at radius 3 is 2.75 bits per heavy atom. The molecule has 16 heavy (non-hydrogen) atoms. The summed E-state index contributed by atoms with van der Waals surface area (Å²) < 4.78 is 13.3. The molecule has 1 aromatic carbocycles. The van der Waals surface area contributed by atoms with Gasteiger partial charge in [-0.25, -0.2) is 4.39 Å². The summed E-state index contributed by atoms with van der Waals surface area (Å²) >= 11 is 0. The summed E-state index contributed by atoms with van der Waals surface area (Å²) in [5, 5.41) is 20.7. The van der Waals surface area contributed by atoms with Crippen molar-refractivity contribution in [2.24, 2.45) is 0 Å². The minimum Gasteiger partial charge on any atom is -0.507 e. The molecule has 0 bridgehead atoms. The molecule has 0 saturated carbocycles. The molecule has 0 heterocycles. The van der Waals surface area contributed by atoms with Crippen molar-refractivity contribution in [1.82, 2.24) is 5.32 Å². The van der Waals surface area contributed by atoms with Gasteiger partial charge in [0.25, 0.3) is 5.91 Å². The van der Waals surface area contributed by atoms with Crippen LogP contribution in [0.15, 0.2) is 18.2 Å². The highest BCUT2D eigenvalue weighted by Gasteiger charge is 2.18. The normalized spacial score (nSPS) is 12.2. The van der Waals surface area contributed by atoms with E-state index >= 15 is 0 Å². The number of carbonyl (C=O) groups is 1. The number of carbonyl (C=O) groups excluding carboxylic acids is 1. The Hall–Kier alpha value is -1.62. The fourth-order valence-electron chi connectivity index (χ4n) is 1.27. The second kappa shape index (κ2) is 5.46. The first-order valence-corrected chi connectivity index (χ1v) is 4.99. The summed E-state index contributed by atoms with van der Waals surface area (Å²) in [7, 11) is 0. The third kappa shape index (κ3) is 2.70. The van der Waals surface area contributed by atoms with Gasteiger partial charge in [-0.3, -0.25) is 4.79 Å². The van der Waals surface area contributed by atoms with Gasteiger partial charge >= 0.3 is 0 Å². The molecular formula is C11H14FNO3. The fraction of sp³-hybridized carbons (Fsp3) is 0.364. The molecule has 0 aromatic heterocycles. The number of nitrogens with one attached hydrogen (secondary N) is 1. The highest BCUT2D eigenvalue weighted by atomic mass is 19.1. The number of benzene rings is 1. The van der Waals surface area contributed by atoms with E-state index in [9.17, 15) is 14.3 Å². The highest BCUT2D eigenvalue weighted by molar-refractivity contribution is 5.97. The topological polar surface area (TPSA) is 69.6 Å². The van der Waals surface area contributed by atoms with Crippen molar-refractivity contribution in [3.63, 3.8) is 0 Å². The molecule has 4 nitrogen and oxygen atoms in total. The molecule has 0 aliphatic rings. The zero-order valence-corrected chi connectivity index (χ0v) is 8.90. The maximum atomic E-state index is 13.3. The molecule has 1 amide bonds. The van der Waals surface area contributed by atoms with E-state index in [1.54, 1.807) is 6.92 Å². The van der Waals surface area contributed by atoms with Gasteiger partial charge in [-0.2, -0.15) is 0 Å². The fourth-order valence-corrected chi connectivity index (χ4v) is 1.27. The smallest absolute Gasteiger partial charge is 0.258 e. The van der Waals surface area contributed by atoms with Gasteiger partial charge < -0.3 is 15.5 Å². The first kappa shape index (κ1) is 12.4. The van der Waals surface area contributed by atoms with Gasteiger partial charge in [0.2, 0.25) is 0 Å².